The zero-order valence-corrected chi connectivity index (χ0v) is 54.9. The maximum absolute atomic E-state index is 6.60. The van der Waals surface area contributed by atoms with E-state index < -0.39 is 0 Å². The monoisotopic (exact) mass is 1270 g/mol. The smallest absolute Gasteiger partial charge is 0.236 e. The van der Waals surface area contributed by atoms with Crippen molar-refractivity contribution in [2.24, 2.45) is 0 Å². The normalized spacial score (nSPS) is 13.7. The van der Waals surface area contributed by atoms with E-state index in [9.17, 15) is 0 Å². The predicted molar refractivity (Wildman–Crippen MR) is 409 cm³/mol. The second kappa shape index (κ2) is 20.2. The number of rotatable bonds is 4. The molecule has 7 nitrogen and oxygen atoms in total. The number of thiophene rings is 1. The molecule has 2 aliphatic rings. The van der Waals surface area contributed by atoms with Crippen LogP contribution in [0.2, 0.25) is 0 Å². The molecule has 6 heterocycles. The summed E-state index contributed by atoms with van der Waals surface area (Å²) in [6.45, 7) is 9.32. The van der Waals surface area contributed by atoms with Gasteiger partial charge in [-0.2, -0.15) is 0 Å². The molecular formula is C90H58N6OS. The minimum atomic E-state index is -0.139. The van der Waals surface area contributed by atoms with Gasteiger partial charge >= 0.3 is 0 Å². The summed E-state index contributed by atoms with van der Waals surface area (Å²) >= 11 is 1.79. The minimum Gasteiger partial charge on any atom is -0.452 e. The number of fused-ring (bicyclic) bond motifs is 24. The standard InChI is InChI=1S/C45H29N3O.C45H29N3S/c2*1-45(2)35-17-9-7-15-31(35)32-21-19-29(24-36(32)45)41-43-42(33-16-8-10-18-39(33)49-43)47-44(46-41)48-37-22-20-26-11-5-6-14-30(26)40(37)34-23-27-12-3-4-13-28(27)25-38(34)48/h2*3-25H,1-2H3. The number of aromatic nitrogens is 6. The highest BCUT2D eigenvalue weighted by Gasteiger charge is 2.38. The molecule has 0 amide bonds. The first-order chi connectivity index (χ1) is 48.1. The second-order valence-electron chi connectivity index (χ2n) is 27.6. The summed E-state index contributed by atoms with van der Waals surface area (Å²) in [5, 5.41) is 16.7. The highest BCUT2D eigenvalue weighted by Crippen LogP contribution is 2.53. The fraction of sp³-hybridized carbons (Fsp3) is 0.0667. The van der Waals surface area contributed by atoms with E-state index in [0.717, 1.165) is 76.7 Å². The van der Waals surface area contributed by atoms with Gasteiger partial charge in [0, 0.05) is 59.0 Å². The first kappa shape index (κ1) is 55.2. The highest BCUT2D eigenvalue weighted by atomic mass is 32.1. The van der Waals surface area contributed by atoms with Crippen molar-refractivity contribution in [1.82, 2.24) is 29.1 Å². The van der Waals surface area contributed by atoms with Gasteiger partial charge in [0.25, 0.3) is 0 Å². The van der Waals surface area contributed by atoms with Crippen molar-refractivity contribution in [3.05, 3.63) is 301 Å². The summed E-state index contributed by atoms with van der Waals surface area (Å²) in [7, 11) is 0. The van der Waals surface area contributed by atoms with Crippen LogP contribution in [0.1, 0.15) is 49.9 Å². The quantitative estimate of drug-likeness (QED) is 0.176. The molecule has 0 spiro atoms. The molecule has 0 atom stereocenters. The van der Waals surface area contributed by atoms with Crippen LogP contribution < -0.4 is 0 Å². The Balaban J connectivity index is 0.000000129. The van der Waals surface area contributed by atoms with Gasteiger partial charge in [0.15, 0.2) is 5.58 Å². The Labute approximate surface area is 566 Å². The molecule has 98 heavy (non-hydrogen) atoms. The van der Waals surface area contributed by atoms with Crippen molar-refractivity contribution in [2.75, 3.05) is 0 Å². The van der Waals surface area contributed by atoms with Gasteiger partial charge in [0.1, 0.15) is 16.8 Å². The van der Waals surface area contributed by atoms with Crippen molar-refractivity contribution in [1.29, 1.82) is 0 Å². The van der Waals surface area contributed by atoms with Crippen molar-refractivity contribution in [3.63, 3.8) is 0 Å². The lowest BCUT2D eigenvalue weighted by molar-refractivity contribution is 0.659. The molecule has 20 aromatic rings. The summed E-state index contributed by atoms with van der Waals surface area (Å²) in [5.74, 6) is 1.32. The van der Waals surface area contributed by atoms with E-state index in [2.05, 4.69) is 298 Å². The average Bonchev–Trinajstić information content (AvgIpc) is 1.57. The van der Waals surface area contributed by atoms with Crippen LogP contribution in [-0.4, -0.2) is 29.1 Å². The van der Waals surface area contributed by atoms with Crippen LogP contribution in [0.25, 0.3) is 186 Å². The third kappa shape index (κ3) is 7.80. The fourth-order valence-corrected chi connectivity index (χ4v) is 18.0. The predicted octanol–water partition coefficient (Wildman–Crippen LogP) is 24.0. The molecule has 0 radical (unpaired) electrons. The summed E-state index contributed by atoms with van der Waals surface area (Å²) in [5.41, 5.74) is 22.0. The SMILES string of the molecule is CC1(C)c2ccccc2-c2ccc(-c3nc(-n4c5cc6ccccc6cc5c5c6ccccc6ccc54)nc4c3oc3ccccc34)cc21.CC1(C)c2ccccc2-c2ccc(-c3nc(-n4c5cc6ccccc6cc5c5c6ccccc6ccc54)nc4c3sc3ccccc34)cc21. The van der Waals surface area contributed by atoms with Gasteiger partial charge in [-0.25, -0.2) is 19.9 Å². The van der Waals surface area contributed by atoms with Gasteiger partial charge in [-0.05, 0) is 154 Å². The molecule has 0 N–H and O–H groups in total. The Kier molecular flexibility index (Phi) is 11.4. The number of hydrogen-bond acceptors (Lipinski definition) is 6. The lowest BCUT2D eigenvalue weighted by Gasteiger charge is -2.22. The first-order valence-corrected chi connectivity index (χ1v) is 34.5. The van der Waals surface area contributed by atoms with Gasteiger partial charge in [0.05, 0.1) is 38.0 Å². The second-order valence-corrected chi connectivity index (χ2v) is 28.7. The molecular weight excluding hydrogens is 1210 g/mol. The number of para-hydroxylation sites is 1. The van der Waals surface area contributed by atoms with Crippen LogP contribution in [0, 0.1) is 0 Å². The zero-order chi connectivity index (χ0) is 64.9. The summed E-state index contributed by atoms with van der Waals surface area (Å²) in [4.78, 5) is 21.8. The first-order valence-electron chi connectivity index (χ1n) is 33.7. The minimum absolute atomic E-state index is 0.105. The molecule has 2 aliphatic carbocycles. The molecule has 0 aliphatic heterocycles. The van der Waals surface area contributed by atoms with E-state index in [0.29, 0.717) is 17.5 Å². The average molecular weight is 1270 g/mol. The van der Waals surface area contributed by atoms with Gasteiger partial charge in [-0.3, -0.25) is 9.13 Å². The Morgan fingerprint density at radius 1 is 0.316 bits per heavy atom. The molecule has 0 fully saturated rings. The van der Waals surface area contributed by atoms with Crippen molar-refractivity contribution < 1.29 is 4.42 Å². The van der Waals surface area contributed by atoms with Crippen LogP contribution in [0.4, 0.5) is 0 Å². The van der Waals surface area contributed by atoms with E-state index in [4.69, 9.17) is 24.4 Å². The highest BCUT2D eigenvalue weighted by molar-refractivity contribution is 7.26. The Morgan fingerprint density at radius 2 is 0.745 bits per heavy atom. The van der Waals surface area contributed by atoms with E-state index in [1.54, 1.807) is 11.3 Å². The largest absolute Gasteiger partial charge is 0.452 e. The van der Waals surface area contributed by atoms with Crippen LogP contribution in [-0.2, 0) is 10.8 Å². The zero-order valence-electron chi connectivity index (χ0n) is 54.1. The number of hydrogen-bond donors (Lipinski definition) is 0. The molecule has 0 saturated heterocycles. The topological polar surface area (TPSA) is 74.6 Å². The van der Waals surface area contributed by atoms with E-state index >= 15 is 0 Å². The maximum Gasteiger partial charge on any atom is 0.236 e. The summed E-state index contributed by atoms with van der Waals surface area (Å²) in [6.07, 6.45) is 0. The summed E-state index contributed by atoms with van der Waals surface area (Å²) in [6, 6.07) is 101. The number of benzene rings is 14. The lowest BCUT2D eigenvalue weighted by Crippen LogP contribution is -2.15. The van der Waals surface area contributed by atoms with Crippen molar-refractivity contribution >= 4 is 140 Å². The number of nitrogens with zero attached hydrogens (tertiary/aromatic N) is 6. The Bertz CT molecular complexity index is 6480. The van der Waals surface area contributed by atoms with Crippen LogP contribution in [0.3, 0.4) is 0 Å². The molecule has 0 bridgehead atoms. The fourth-order valence-electron chi connectivity index (χ4n) is 16.8. The van der Waals surface area contributed by atoms with Crippen molar-refractivity contribution in [3.8, 4) is 56.7 Å². The molecule has 22 rings (SSSR count). The van der Waals surface area contributed by atoms with Crippen LogP contribution >= 0.6 is 11.3 Å². The van der Waals surface area contributed by atoms with Gasteiger partial charge in [-0.1, -0.05) is 240 Å². The van der Waals surface area contributed by atoms with Crippen molar-refractivity contribution in [2.45, 2.75) is 38.5 Å². The Hall–Kier alpha value is -12.1. The molecule has 6 aromatic heterocycles. The third-order valence-corrected chi connectivity index (χ3v) is 22.7. The molecule has 0 unspecified atom stereocenters. The van der Waals surface area contributed by atoms with Gasteiger partial charge < -0.3 is 4.42 Å². The molecule has 8 heteroatoms. The van der Waals surface area contributed by atoms with Gasteiger partial charge in [0.2, 0.25) is 11.9 Å². The third-order valence-electron chi connectivity index (χ3n) is 21.6. The number of furan rings is 1. The molecule has 0 saturated carbocycles. The molecule has 460 valence electrons. The maximum atomic E-state index is 6.60. The summed E-state index contributed by atoms with van der Waals surface area (Å²) < 4.78 is 13.5. The van der Waals surface area contributed by atoms with E-state index in [1.807, 2.05) is 18.2 Å². The van der Waals surface area contributed by atoms with E-state index in [1.165, 1.54) is 114 Å². The lowest BCUT2D eigenvalue weighted by atomic mass is 9.82. The molecule has 14 aromatic carbocycles. The van der Waals surface area contributed by atoms with Gasteiger partial charge in [-0.15, -0.1) is 11.3 Å². The van der Waals surface area contributed by atoms with E-state index in [-0.39, 0.29) is 10.8 Å². The van der Waals surface area contributed by atoms with Crippen LogP contribution in [0.5, 0.6) is 0 Å². The van der Waals surface area contributed by atoms with Crippen LogP contribution in [0.15, 0.2) is 283 Å². The Morgan fingerprint density at radius 3 is 1.31 bits per heavy atom.